The molecule has 2 nitrogen and oxygen atoms in total. The van der Waals surface area contributed by atoms with Gasteiger partial charge in [0.25, 0.3) is 0 Å². The lowest BCUT2D eigenvalue weighted by Crippen LogP contribution is -2.24. The Labute approximate surface area is 119 Å². The van der Waals surface area contributed by atoms with Gasteiger partial charge < -0.3 is 0 Å². The fourth-order valence-electron chi connectivity index (χ4n) is 2.11. The summed E-state index contributed by atoms with van der Waals surface area (Å²) in [6, 6.07) is 0. The molecule has 96 valence electrons. The second kappa shape index (κ2) is 6.66. The van der Waals surface area contributed by atoms with Crippen molar-refractivity contribution >= 4 is 22.6 Å². The van der Waals surface area contributed by atoms with Crippen LogP contribution in [0.25, 0.3) is 0 Å². The van der Waals surface area contributed by atoms with Crippen molar-refractivity contribution in [2.75, 3.05) is 0 Å². The molecule has 3 heteroatoms. The van der Waals surface area contributed by atoms with Crippen molar-refractivity contribution < 1.29 is 0 Å². The number of aryl methyl sites for hydroxylation is 1. The average molecular weight is 346 g/mol. The molecule has 0 aliphatic rings. The van der Waals surface area contributed by atoms with Crippen molar-refractivity contribution in [3.63, 3.8) is 0 Å². The van der Waals surface area contributed by atoms with E-state index in [9.17, 15) is 0 Å². The fraction of sp³-hybridized carbons (Fsp3) is 0.714. The summed E-state index contributed by atoms with van der Waals surface area (Å²) in [6.07, 6.45) is 8.20. The van der Waals surface area contributed by atoms with Gasteiger partial charge >= 0.3 is 0 Å². The normalized spacial score (nSPS) is 14.6. The van der Waals surface area contributed by atoms with Crippen molar-refractivity contribution in [2.45, 2.75) is 65.2 Å². The van der Waals surface area contributed by atoms with E-state index in [0.29, 0.717) is 0 Å². The van der Waals surface area contributed by atoms with Crippen LogP contribution in [0.15, 0.2) is 6.20 Å². The highest BCUT2D eigenvalue weighted by molar-refractivity contribution is 14.1. The van der Waals surface area contributed by atoms with Crippen molar-refractivity contribution in [1.29, 1.82) is 0 Å². The van der Waals surface area contributed by atoms with Crippen molar-refractivity contribution in [3.05, 3.63) is 21.3 Å². The van der Waals surface area contributed by atoms with Crippen LogP contribution >= 0.6 is 22.6 Å². The molecule has 0 N–H and O–H groups in total. The smallest absolute Gasteiger partial charge is 0.125 e. The molecule has 0 saturated carbocycles. The molecule has 0 aromatic carbocycles. The summed E-state index contributed by atoms with van der Waals surface area (Å²) in [5, 5.41) is 0. The number of aromatic nitrogens is 2. The minimum absolute atomic E-state index is 0.208. The molecule has 1 unspecified atom stereocenters. The van der Waals surface area contributed by atoms with Crippen LogP contribution < -0.4 is 0 Å². The first-order valence-corrected chi connectivity index (χ1v) is 7.61. The van der Waals surface area contributed by atoms with E-state index in [1.165, 1.54) is 34.9 Å². The molecule has 1 atom stereocenters. The van der Waals surface area contributed by atoms with Crippen LogP contribution in [0.1, 0.15) is 64.4 Å². The molecule has 0 aliphatic carbocycles. The standard InChI is InChI=1S/C14H23IN2/c1-5-7-8-9-14(4,6-2)13-12(15)10-16-11(3)17-13/h10H,5-9H2,1-4H3. The van der Waals surface area contributed by atoms with Crippen LogP contribution in [0.3, 0.4) is 0 Å². The molecule has 0 fully saturated rings. The summed E-state index contributed by atoms with van der Waals surface area (Å²) in [5.41, 5.74) is 1.45. The van der Waals surface area contributed by atoms with Gasteiger partial charge in [-0.1, -0.05) is 40.0 Å². The predicted molar refractivity (Wildman–Crippen MR) is 81.3 cm³/mol. The van der Waals surface area contributed by atoms with Gasteiger partial charge in [0.2, 0.25) is 0 Å². The highest BCUT2D eigenvalue weighted by atomic mass is 127. The highest BCUT2D eigenvalue weighted by Crippen LogP contribution is 2.34. The Kier molecular flexibility index (Phi) is 5.83. The van der Waals surface area contributed by atoms with E-state index in [-0.39, 0.29) is 5.41 Å². The predicted octanol–water partition coefficient (Wildman–Crippen LogP) is 4.64. The highest BCUT2D eigenvalue weighted by Gasteiger charge is 2.28. The van der Waals surface area contributed by atoms with Crippen LogP contribution in [-0.4, -0.2) is 9.97 Å². The number of nitrogens with zero attached hydrogens (tertiary/aromatic N) is 2. The van der Waals surface area contributed by atoms with E-state index in [4.69, 9.17) is 0 Å². The van der Waals surface area contributed by atoms with Crippen LogP contribution in [-0.2, 0) is 5.41 Å². The van der Waals surface area contributed by atoms with E-state index < -0.39 is 0 Å². The first-order chi connectivity index (χ1) is 8.03. The molecule has 1 rings (SSSR count). The van der Waals surface area contributed by atoms with Gasteiger partial charge in [0.15, 0.2) is 0 Å². The van der Waals surface area contributed by atoms with Crippen LogP contribution in [0.5, 0.6) is 0 Å². The summed E-state index contributed by atoms with van der Waals surface area (Å²) in [7, 11) is 0. The van der Waals surface area contributed by atoms with Crippen LogP contribution in [0.4, 0.5) is 0 Å². The summed E-state index contributed by atoms with van der Waals surface area (Å²) in [6.45, 7) is 8.83. The zero-order chi connectivity index (χ0) is 12.9. The largest absolute Gasteiger partial charge is 0.241 e. The molecule has 0 amide bonds. The molecular formula is C14H23IN2. The van der Waals surface area contributed by atoms with E-state index in [1.807, 2.05) is 13.1 Å². The Balaban J connectivity index is 2.94. The molecule has 0 spiro atoms. The SMILES string of the molecule is CCCCCC(C)(CC)c1nc(C)ncc1I. The van der Waals surface area contributed by atoms with Gasteiger partial charge in [-0.2, -0.15) is 0 Å². The third-order valence-corrected chi connectivity index (χ3v) is 4.34. The van der Waals surface area contributed by atoms with Gasteiger partial charge in [-0.15, -0.1) is 0 Å². The summed E-state index contributed by atoms with van der Waals surface area (Å²) in [5.74, 6) is 0.885. The molecular weight excluding hydrogens is 323 g/mol. The molecule has 1 heterocycles. The summed E-state index contributed by atoms with van der Waals surface area (Å²) < 4.78 is 1.20. The Morgan fingerprint density at radius 1 is 1.29 bits per heavy atom. The lowest BCUT2D eigenvalue weighted by atomic mass is 9.79. The zero-order valence-corrected chi connectivity index (χ0v) is 13.5. The molecule has 1 aromatic rings. The van der Waals surface area contributed by atoms with Gasteiger partial charge in [0, 0.05) is 11.6 Å². The second-order valence-corrected chi connectivity index (χ2v) is 6.15. The lowest BCUT2D eigenvalue weighted by Gasteiger charge is -2.28. The zero-order valence-electron chi connectivity index (χ0n) is 11.4. The van der Waals surface area contributed by atoms with Gasteiger partial charge in [-0.05, 0) is 42.4 Å². The number of hydrogen-bond donors (Lipinski definition) is 0. The first-order valence-electron chi connectivity index (χ1n) is 6.53. The van der Waals surface area contributed by atoms with Gasteiger partial charge in [-0.25, -0.2) is 9.97 Å². The Morgan fingerprint density at radius 2 is 2.00 bits per heavy atom. The van der Waals surface area contributed by atoms with Crippen molar-refractivity contribution in [2.24, 2.45) is 0 Å². The maximum absolute atomic E-state index is 4.68. The van der Waals surface area contributed by atoms with E-state index in [2.05, 4.69) is 53.3 Å². The maximum atomic E-state index is 4.68. The number of rotatable bonds is 6. The lowest BCUT2D eigenvalue weighted by molar-refractivity contribution is 0.384. The molecule has 0 radical (unpaired) electrons. The molecule has 0 saturated heterocycles. The van der Waals surface area contributed by atoms with Gasteiger partial charge in [-0.3, -0.25) is 0 Å². The van der Waals surface area contributed by atoms with Crippen LogP contribution in [0.2, 0.25) is 0 Å². The summed E-state index contributed by atoms with van der Waals surface area (Å²) in [4.78, 5) is 8.94. The minimum atomic E-state index is 0.208. The van der Waals surface area contributed by atoms with Crippen molar-refractivity contribution in [3.8, 4) is 0 Å². The third-order valence-electron chi connectivity index (χ3n) is 3.55. The number of hydrogen-bond acceptors (Lipinski definition) is 2. The summed E-state index contributed by atoms with van der Waals surface area (Å²) >= 11 is 2.36. The molecule has 17 heavy (non-hydrogen) atoms. The minimum Gasteiger partial charge on any atom is -0.241 e. The Morgan fingerprint density at radius 3 is 2.59 bits per heavy atom. The molecule has 0 bridgehead atoms. The maximum Gasteiger partial charge on any atom is 0.125 e. The van der Waals surface area contributed by atoms with E-state index >= 15 is 0 Å². The van der Waals surface area contributed by atoms with Crippen molar-refractivity contribution in [1.82, 2.24) is 9.97 Å². The van der Waals surface area contributed by atoms with Gasteiger partial charge in [0.1, 0.15) is 5.82 Å². The van der Waals surface area contributed by atoms with Gasteiger partial charge in [0.05, 0.1) is 9.26 Å². The quantitative estimate of drug-likeness (QED) is 0.554. The number of halogens is 1. The van der Waals surface area contributed by atoms with E-state index in [1.54, 1.807) is 0 Å². The monoisotopic (exact) mass is 346 g/mol. The second-order valence-electron chi connectivity index (χ2n) is 4.99. The average Bonchev–Trinajstić information content (AvgIpc) is 2.32. The van der Waals surface area contributed by atoms with E-state index in [0.717, 1.165) is 12.2 Å². The first kappa shape index (κ1) is 14.9. The molecule has 1 aromatic heterocycles. The topological polar surface area (TPSA) is 25.8 Å². The third kappa shape index (κ3) is 3.90. The Hall–Kier alpha value is -0.190. The fourth-order valence-corrected chi connectivity index (χ4v) is 3.02. The van der Waals surface area contributed by atoms with Crippen LogP contribution in [0, 0.1) is 10.5 Å². The molecule has 0 aliphatic heterocycles. The Bertz CT molecular complexity index is 365. The number of unbranched alkanes of at least 4 members (excludes halogenated alkanes) is 2.